The molecule has 0 radical (unpaired) electrons. The molecule has 2 aromatic rings. The van der Waals surface area contributed by atoms with Crippen LogP contribution in [-0.2, 0) is 4.84 Å². The average molecular weight is 350 g/mol. The number of likely N-dealkylation sites (N-methyl/N-ethyl adjacent to an activating group) is 1. The Hall–Kier alpha value is -2.53. The summed E-state index contributed by atoms with van der Waals surface area (Å²) in [6.45, 7) is 0. The third-order valence-electron chi connectivity index (χ3n) is 5.86. The molecule has 2 aliphatic heterocycles. The Bertz CT molecular complexity index is 876. The zero-order chi connectivity index (χ0) is 17.8. The molecule has 26 heavy (non-hydrogen) atoms. The fraction of sp³-hybridized carbons (Fsp3) is 0.381. The van der Waals surface area contributed by atoms with E-state index in [1.165, 1.54) is 18.4 Å². The molecule has 5 nitrogen and oxygen atoms in total. The van der Waals surface area contributed by atoms with Crippen LogP contribution in [-0.4, -0.2) is 36.1 Å². The van der Waals surface area contributed by atoms with Crippen molar-refractivity contribution in [2.75, 3.05) is 14.2 Å². The number of rotatable bonds is 3. The van der Waals surface area contributed by atoms with E-state index in [-0.39, 0.29) is 23.9 Å². The second kappa shape index (κ2) is 5.74. The summed E-state index contributed by atoms with van der Waals surface area (Å²) in [6.07, 6.45) is 2.30. The third kappa shape index (κ3) is 2.23. The number of hydrogen-bond donors (Lipinski definition) is 1. The summed E-state index contributed by atoms with van der Waals surface area (Å²) in [7, 11) is 3.71. The van der Waals surface area contributed by atoms with Gasteiger partial charge in [0.15, 0.2) is 17.7 Å². The summed E-state index contributed by atoms with van der Waals surface area (Å²) in [4.78, 5) is 8.20. The van der Waals surface area contributed by atoms with Gasteiger partial charge in [0.2, 0.25) is 0 Å². The molecule has 1 saturated carbocycles. The summed E-state index contributed by atoms with van der Waals surface area (Å²) >= 11 is 0. The van der Waals surface area contributed by atoms with Gasteiger partial charge in [0, 0.05) is 11.6 Å². The fourth-order valence-electron chi connectivity index (χ4n) is 4.48. The van der Waals surface area contributed by atoms with E-state index in [1.54, 1.807) is 7.11 Å². The molecule has 2 heterocycles. The van der Waals surface area contributed by atoms with Gasteiger partial charge in [-0.05, 0) is 49.1 Å². The lowest BCUT2D eigenvalue weighted by atomic mass is 9.78. The molecule has 5 heteroatoms. The smallest absolute Gasteiger partial charge is 0.194 e. The molecule has 1 aliphatic carbocycles. The highest BCUT2D eigenvalue weighted by Crippen LogP contribution is 2.54. The van der Waals surface area contributed by atoms with Crippen LogP contribution in [0.5, 0.6) is 11.5 Å². The molecule has 1 fully saturated rings. The zero-order valence-electron chi connectivity index (χ0n) is 14.9. The quantitative estimate of drug-likeness (QED) is 0.918. The number of nitrogens with zero attached hydrogens (tertiary/aromatic N) is 2. The molecule has 0 aromatic heterocycles. The fourth-order valence-corrected chi connectivity index (χ4v) is 4.48. The van der Waals surface area contributed by atoms with Crippen LogP contribution in [0.3, 0.4) is 0 Å². The topological polar surface area (TPSA) is 54.3 Å². The Morgan fingerprint density at radius 2 is 1.92 bits per heavy atom. The van der Waals surface area contributed by atoms with E-state index >= 15 is 0 Å². The molecule has 0 bridgehead atoms. The molecule has 5 rings (SSSR count). The van der Waals surface area contributed by atoms with Crippen LogP contribution in [0, 0.1) is 5.92 Å². The zero-order valence-corrected chi connectivity index (χ0v) is 14.9. The Kier molecular flexibility index (Phi) is 3.47. The van der Waals surface area contributed by atoms with Gasteiger partial charge in [0.1, 0.15) is 0 Å². The van der Waals surface area contributed by atoms with Gasteiger partial charge in [0.25, 0.3) is 0 Å². The Labute approximate surface area is 152 Å². The first-order valence-electron chi connectivity index (χ1n) is 9.11. The lowest BCUT2D eigenvalue weighted by Gasteiger charge is -2.41. The van der Waals surface area contributed by atoms with E-state index in [2.05, 4.69) is 29.2 Å². The highest BCUT2D eigenvalue weighted by atomic mass is 16.7. The molecule has 0 unspecified atom stereocenters. The van der Waals surface area contributed by atoms with Crippen molar-refractivity contribution in [1.29, 1.82) is 0 Å². The minimum absolute atomic E-state index is 0.0239. The van der Waals surface area contributed by atoms with Gasteiger partial charge >= 0.3 is 0 Å². The number of fused-ring (bicyclic) bond motifs is 3. The van der Waals surface area contributed by atoms with Crippen molar-refractivity contribution in [3.63, 3.8) is 0 Å². The van der Waals surface area contributed by atoms with E-state index < -0.39 is 0 Å². The summed E-state index contributed by atoms with van der Waals surface area (Å²) in [6, 6.07) is 14.3. The molecule has 3 atom stereocenters. The van der Waals surface area contributed by atoms with Crippen LogP contribution < -0.4 is 4.74 Å². The molecule has 0 saturated heterocycles. The minimum Gasteiger partial charge on any atom is -0.504 e. The maximum Gasteiger partial charge on any atom is 0.194 e. The van der Waals surface area contributed by atoms with Crippen LogP contribution in [0.25, 0.3) is 0 Å². The first-order valence-corrected chi connectivity index (χ1v) is 9.11. The van der Waals surface area contributed by atoms with Crippen molar-refractivity contribution in [3.8, 4) is 11.5 Å². The predicted molar refractivity (Wildman–Crippen MR) is 98.5 cm³/mol. The van der Waals surface area contributed by atoms with Crippen molar-refractivity contribution in [1.82, 2.24) is 4.90 Å². The molecule has 2 aromatic carbocycles. The summed E-state index contributed by atoms with van der Waals surface area (Å²) in [5.74, 6) is 1.30. The van der Waals surface area contributed by atoms with Gasteiger partial charge in [-0.3, -0.25) is 4.90 Å². The third-order valence-corrected chi connectivity index (χ3v) is 5.86. The van der Waals surface area contributed by atoms with Gasteiger partial charge in [-0.25, -0.2) is 0 Å². The molecule has 134 valence electrons. The van der Waals surface area contributed by atoms with Crippen LogP contribution >= 0.6 is 0 Å². The number of phenols is 1. The van der Waals surface area contributed by atoms with E-state index in [0.717, 1.165) is 16.8 Å². The van der Waals surface area contributed by atoms with Crippen LogP contribution in [0.2, 0.25) is 0 Å². The predicted octanol–water partition coefficient (Wildman–Crippen LogP) is 3.64. The maximum absolute atomic E-state index is 10.4. The normalized spacial score (nSPS) is 27.3. The molecular formula is C21H22N2O3. The van der Waals surface area contributed by atoms with E-state index in [1.807, 2.05) is 30.3 Å². The van der Waals surface area contributed by atoms with Crippen LogP contribution in [0.1, 0.15) is 41.5 Å². The second-order valence-corrected chi connectivity index (χ2v) is 7.42. The van der Waals surface area contributed by atoms with Crippen molar-refractivity contribution in [3.05, 3.63) is 59.2 Å². The second-order valence-electron chi connectivity index (χ2n) is 7.42. The molecule has 3 aliphatic rings. The van der Waals surface area contributed by atoms with Crippen molar-refractivity contribution in [2.24, 2.45) is 11.1 Å². The average Bonchev–Trinajstić information content (AvgIpc) is 3.39. The lowest BCUT2D eigenvalue weighted by Crippen LogP contribution is -2.45. The van der Waals surface area contributed by atoms with E-state index in [4.69, 9.17) is 9.57 Å². The number of phenolic OH excluding ortho intramolecular Hbond substituents is 1. The molecule has 0 spiro atoms. The van der Waals surface area contributed by atoms with Crippen LogP contribution in [0.15, 0.2) is 47.6 Å². The molecular weight excluding hydrogens is 328 g/mol. The summed E-state index contributed by atoms with van der Waals surface area (Å²) < 4.78 is 5.39. The molecule has 1 N–H and O–H groups in total. The highest BCUT2D eigenvalue weighted by Gasteiger charge is 2.51. The van der Waals surface area contributed by atoms with Gasteiger partial charge in [-0.1, -0.05) is 35.5 Å². The summed E-state index contributed by atoms with van der Waals surface area (Å²) in [5.41, 5.74) is 4.30. The summed E-state index contributed by atoms with van der Waals surface area (Å²) in [5, 5.41) is 14.9. The Balaban J connectivity index is 1.67. The minimum atomic E-state index is -0.142. The first-order chi connectivity index (χ1) is 12.7. The van der Waals surface area contributed by atoms with E-state index in [9.17, 15) is 5.11 Å². The Morgan fingerprint density at radius 3 is 2.62 bits per heavy atom. The van der Waals surface area contributed by atoms with Crippen molar-refractivity contribution in [2.45, 2.75) is 31.0 Å². The standard InChI is InChI=1S/C21H22N2O3/c1-23-20(13-8-9-13)15-11-17(25-2)16(24)10-14(15)18-19(22-26-21(18)23)12-6-4-3-5-7-12/h3-7,10-11,13,18,20-21,24H,8-9H2,1-2H3/t18-,20+,21+/m0/s1. The highest BCUT2D eigenvalue weighted by molar-refractivity contribution is 6.06. The number of aromatic hydroxyl groups is 1. The van der Waals surface area contributed by atoms with Crippen molar-refractivity contribution < 1.29 is 14.7 Å². The number of oxime groups is 1. The van der Waals surface area contributed by atoms with Gasteiger partial charge in [-0.2, -0.15) is 0 Å². The lowest BCUT2D eigenvalue weighted by molar-refractivity contribution is -0.0660. The number of hydrogen-bond acceptors (Lipinski definition) is 5. The number of benzene rings is 2. The van der Waals surface area contributed by atoms with Crippen molar-refractivity contribution >= 4 is 5.71 Å². The largest absolute Gasteiger partial charge is 0.504 e. The molecule has 0 amide bonds. The maximum atomic E-state index is 10.4. The van der Waals surface area contributed by atoms with Gasteiger partial charge in [0.05, 0.1) is 18.7 Å². The van der Waals surface area contributed by atoms with Crippen LogP contribution in [0.4, 0.5) is 0 Å². The van der Waals surface area contributed by atoms with Gasteiger partial charge in [-0.15, -0.1) is 0 Å². The van der Waals surface area contributed by atoms with E-state index in [0.29, 0.717) is 11.7 Å². The number of methoxy groups -OCH3 is 1. The SMILES string of the molecule is COc1cc2c(cc1O)[C@H]1C(c3ccccc3)=NO[C@H]1N(C)[C@@H]2C1CC1. The van der Waals surface area contributed by atoms with Gasteiger partial charge < -0.3 is 14.7 Å². The monoisotopic (exact) mass is 350 g/mol. The Morgan fingerprint density at radius 1 is 1.15 bits per heavy atom. The number of ether oxygens (including phenoxy) is 1. The first kappa shape index (κ1) is 15.7.